The number of sulfone groups is 1. The van der Waals surface area contributed by atoms with Crippen LogP contribution in [0.4, 0.5) is 0 Å². The Kier molecular flexibility index (Phi) is 5.47. The molecular weight excluding hydrogens is 306 g/mol. The van der Waals surface area contributed by atoms with Crippen molar-refractivity contribution in [3.8, 4) is 0 Å². The molecule has 1 saturated heterocycles. The van der Waals surface area contributed by atoms with Crippen LogP contribution < -0.4 is 0 Å². The molecule has 2 rings (SSSR count). The summed E-state index contributed by atoms with van der Waals surface area (Å²) in [7, 11) is -3.20. The summed E-state index contributed by atoms with van der Waals surface area (Å²) in [5, 5.41) is 8.89. The number of likely N-dealkylation sites (tertiary alicyclic amines) is 1. The highest BCUT2D eigenvalue weighted by Crippen LogP contribution is 2.27. The zero-order chi connectivity index (χ0) is 16.3. The average molecular weight is 331 g/mol. The number of carboxylic acid groups (broad SMARTS) is 1. The standard InChI is InChI=1S/C15H25NO5S/c1-11-13(15(18)19)7-4-9-16(11)14(17)8-10-22(20,21)12-5-2-3-6-12/h11-13H,2-10H2,1H3,(H,18,19)/t11-,13-/m1/s1. The van der Waals surface area contributed by atoms with E-state index in [1.807, 2.05) is 0 Å². The third kappa shape index (κ3) is 3.80. The van der Waals surface area contributed by atoms with Crippen LogP contribution in [-0.4, -0.2) is 53.9 Å². The molecule has 1 amide bonds. The second-order valence-corrected chi connectivity index (χ2v) is 8.84. The minimum Gasteiger partial charge on any atom is -0.481 e. The van der Waals surface area contributed by atoms with E-state index >= 15 is 0 Å². The molecular formula is C15H25NO5S. The van der Waals surface area contributed by atoms with Gasteiger partial charge >= 0.3 is 5.97 Å². The number of carboxylic acids is 1. The highest BCUT2D eigenvalue weighted by atomic mass is 32.2. The Morgan fingerprint density at radius 1 is 1.14 bits per heavy atom. The number of piperidine rings is 1. The quantitative estimate of drug-likeness (QED) is 0.823. The number of aliphatic carboxylic acids is 1. The number of amides is 1. The lowest BCUT2D eigenvalue weighted by Gasteiger charge is -2.37. The molecule has 1 saturated carbocycles. The van der Waals surface area contributed by atoms with Gasteiger partial charge in [-0.2, -0.15) is 0 Å². The van der Waals surface area contributed by atoms with Crippen LogP contribution in [0.3, 0.4) is 0 Å². The van der Waals surface area contributed by atoms with Gasteiger partial charge in [0.1, 0.15) is 0 Å². The summed E-state index contributed by atoms with van der Waals surface area (Å²) in [6.45, 7) is 2.26. The Balaban J connectivity index is 1.92. The van der Waals surface area contributed by atoms with Crippen molar-refractivity contribution in [2.75, 3.05) is 12.3 Å². The number of hydrogen-bond donors (Lipinski definition) is 1. The molecule has 7 heteroatoms. The molecule has 1 N–H and O–H groups in total. The first kappa shape index (κ1) is 17.2. The van der Waals surface area contributed by atoms with Gasteiger partial charge in [0.05, 0.1) is 16.9 Å². The molecule has 22 heavy (non-hydrogen) atoms. The van der Waals surface area contributed by atoms with Gasteiger partial charge in [0, 0.05) is 19.0 Å². The van der Waals surface area contributed by atoms with Gasteiger partial charge in [-0.15, -0.1) is 0 Å². The summed E-state index contributed by atoms with van der Waals surface area (Å²) < 4.78 is 24.4. The molecule has 0 aromatic rings. The Bertz CT molecular complexity index is 524. The maximum atomic E-state index is 12.3. The van der Waals surface area contributed by atoms with E-state index in [0.717, 1.165) is 12.8 Å². The van der Waals surface area contributed by atoms with E-state index < -0.39 is 21.7 Å². The lowest BCUT2D eigenvalue weighted by Crippen LogP contribution is -2.49. The molecule has 0 spiro atoms. The second-order valence-electron chi connectivity index (χ2n) is 6.44. The molecule has 0 unspecified atom stereocenters. The van der Waals surface area contributed by atoms with E-state index in [0.29, 0.717) is 32.2 Å². The Labute approximate surface area is 131 Å². The number of nitrogens with zero attached hydrogens (tertiary/aromatic N) is 1. The molecule has 2 atom stereocenters. The molecule has 0 radical (unpaired) electrons. The van der Waals surface area contributed by atoms with Crippen molar-refractivity contribution >= 4 is 21.7 Å². The number of carbonyl (C=O) groups excluding carboxylic acids is 1. The molecule has 0 aromatic heterocycles. The summed E-state index contributed by atoms with van der Waals surface area (Å²) in [5.74, 6) is -1.79. The van der Waals surface area contributed by atoms with Gasteiger partial charge in [0.2, 0.25) is 5.91 Å². The number of rotatable bonds is 5. The first-order valence-electron chi connectivity index (χ1n) is 8.07. The van der Waals surface area contributed by atoms with Crippen LogP contribution in [0.1, 0.15) is 51.9 Å². The highest BCUT2D eigenvalue weighted by Gasteiger charge is 2.36. The number of carbonyl (C=O) groups is 2. The highest BCUT2D eigenvalue weighted by molar-refractivity contribution is 7.92. The predicted molar refractivity (Wildman–Crippen MR) is 82.2 cm³/mol. The van der Waals surface area contributed by atoms with E-state index in [4.69, 9.17) is 0 Å². The largest absolute Gasteiger partial charge is 0.481 e. The molecule has 1 heterocycles. The first-order valence-corrected chi connectivity index (χ1v) is 9.78. The van der Waals surface area contributed by atoms with Crippen LogP contribution in [0.25, 0.3) is 0 Å². The summed E-state index contributed by atoms with van der Waals surface area (Å²) in [5.41, 5.74) is 0. The minimum absolute atomic E-state index is 0.0322. The summed E-state index contributed by atoms with van der Waals surface area (Å²) >= 11 is 0. The summed E-state index contributed by atoms with van der Waals surface area (Å²) in [6, 6.07) is -0.368. The molecule has 1 aliphatic heterocycles. The lowest BCUT2D eigenvalue weighted by atomic mass is 9.90. The Morgan fingerprint density at radius 3 is 2.36 bits per heavy atom. The maximum Gasteiger partial charge on any atom is 0.308 e. The molecule has 2 fully saturated rings. The van der Waals surface area contributed by atoms with Crippen LogP contribution in [0.5, 0.6) is 0 Å². The molecule has 2 aliphatic rings. The fourth-order valence-corrected chi connectivity index (χ4v) is 5.46. The maximum absolute atomic E-state index is 12.3. The van der Waals surface area contributed by atoms with E-state index in [9.17, 15) is 23.1 Å². The van der Waals surface area contributed by atoms with Crippen molar-refractivity contribution in [3.05, 3.63) is 0 Å². The predicted octanol–water partition coefficient (Wildman–Crippen LogP) is 1.45. The topological polar surface area (TPSA) is 91.8 Å². The lowest BCUT2D eigenvalue weighted by molar-refractivity contribution is -0.149. The van der Waals surface area contributed by atoms with Gasteiger partial charge in [-0.05, 0) is 32.6 Å². The average Bonchev–Trinajstić information content (AvgIpc) is 3.00. The van der Waals surface area contributed by atoms with Crippen LogP contribution in [-0.2, 0) is 19.4 Å². The third-order valence-electron chi connectivity index (χ3n) is 5.04. The van der Waals surface area contributed by atoms with Gasteiger partial charge in [0.15, 0.2) is 9.84 Å². The van der Waals surface area contributed by atoms with Crippen LogP contribution in [0.2, 0.25) is 0 Å². The fraction of sp³-hybridized carbons (Fsp3) is 0.867. The molecule has 6 nitrogen and oxygen atoms in total. The Hall–Kier alpha value is -1.11. The van der Waals surface area contributed by atoms with Gasteiger partial charge in [-0.25, -0.2) is 8.42 Å². The SMILES string of the molecule is C[C@@H]1[C@H](C(=O)O)CCCN1C(=O)CCS(=O)(=O)C1CCCC1. The van der Waals surface area contributed by atoms with E-state index in [2.05, 4.69) is 0 Å². The second kappa shape index (κ2) is 6.98. The van der Waals surface area contributed by atoms with Crippen molar-refractivity contribution in [2.45, 2.75) is 63.2 Å². The van der Waals surface area contributed by atoms with Gasteiger partial charge in [-0.3, -0.25) is 9.59 Å². The molecule has 0 aromatic carbocycles. The zero-order valence-electron chi connectivity index (χ0n) is 13.0. The third-order valence-corrected chi connectivity index (χ3v) is 7.30. The van der Waals surface area contributed by atoms with Crippen molar-refractivity contribution in [3.63, 3.8) is 0 Å². The monoisotopic (exact) mass is 331 g/mol. The molecule has 126 valence electrons. The van der Waals surface area contributed by atoms with Crippen molar-refractivity contribution < 1.29 is 23.1 Å². The number of hydrogen-bond acceptors (Lipinski definition) is 4. The van der Waals surface area contributed by atoms with Gasteiger partial charge in [0.25, 0.3) is 0 Å². The van der Waals surface area contributed by atoms with Crippen molar-refractivity contribution in [1.82, 2.24) is 4.90 Å². The molecule has 0 bridgehead atoms. The van der Waals surface area contributed by atoms with Crippen LogP contribution >= 0.6 is 0 Å². The minimum atomic E-state index is -3.20. The smallest absolute Gasteiger partial charge is 0.308 e. The fourth-order valence-electron chi connectivity index (χ4n) is 3.61. The normalized spacial score (nSPS) is 27.0. The van der Waals surface area contributed by atoms with Gasteiger partial charge < -0.3 is 10.0 Å². The first-order chi connectivity index (χ1) is 10.3. The van der Waals surface area contributed by atoms with E-state index in [-0.39, 0.29) is 29.4 Å². The van der Waals surface area contributed by atoms with Crippen molar-refractivity contribution in [2.24, 2.45) is 5.92 Å². The van der Waals surface area contributed by atoms with Crippen LogP contribution in [0.15, 0.2) is 0 Å². The van der Waals surface area contributed by atoms with Crippen LogP contribution in [0, 0.1) is 5.92 Å². The van der Waals surface area contributed by atoms with Crippen molar-refractivity contribution in [1.29, 1.82) is 0 Å². The summed E-state index contributed by atoms with van der Waals surface area (Å²) in [4.78, 5) is 25.0. The summed E-state index contributed by atoms with van der Waals surface area (Å²) in [6.07, 6.45) is 4.50. The van der Waals surface area contributed by atoms with Gasteiger partial charge in [-0.1, -0.05) is 12.8 Å². The van der Waals surface area contributed by atoms with E-state index in [1.54, 1.807) is 11.8 Å². The molecule has 1 aliphatic carbocycles. The zero-order valence-corrected chi connectivity index (χ0v) is 13.8. The Morgan fingerprint density at radius 2 is 1.77 bits per heavy atom. The van der Waals surface area contributed by atoms with E-state index in [1.165, 1.54) is 0 Å².